The van der Waals surface area contributed by atoms with Crippen molar-refractivity contribution in [2.45, 2.75) is 33.1 Å². The molecule has 244 valence electrons. The molecule has 0 spiro atoms. The minimum atomic E-state index is -4.82. The maximum absolute atomic E-state index is 15.1. The summed E-state index contributed by atoms with van der Waals surface area (Å²) in [6, 6.07) is 13.2. The first kappa shape index (κ1) is 33.1. The number of amides is 4. The third-order valence-corrected chi connectivity index (χ3v) is 7.92. The van der Waals surface area contributed by atoms with Gasteiger partial charge in [-0.05, 0) is 66.1 Å². The SMILES string of the molecule is CC(=O)N(C)c1ccc(C(C)C)c(N2C(=O)CSC2=NC(=O)Nc2ccc(-c3ncn(-c4ccc(OC(F)(F)F)cc4)n3)cc2F)c1. The van der Waals surface area contributed by atoms with E-state index < -0.39 is 24.0 Å². The Labute approximate surface area is 270 Å². The van der Waals surface area contributed by atoms with Crippen molar-refractivity contribution in [2.24, 2.45) is 4.99 Å². The summed E-state index contributed by atoms with van der Waals surface area (Å²) in [5.41, 5.74) is 2.32. The van der Waals surface area contributed by atoms with Crippen molar-refractivity contribution in [3.05, 3.63) is 78.4 Å². The van der Waals surface area contributed by atoms with Crippen molar-refractivity contribution in [2.75, 3.05) is 27.9 Å². The summed E-state index contributed by atoms with van der Waals surface area (Å²) in [6.07, 6.45) is -3.51. The number of rotatable bonds is 7. The van der Waals surface area contributed by atoms with Crippen LogP contribution in [0.25, 0.3) is 17.1 Å². The first-order valence-corrected chi connectivity index (χ1v) is 15.0. The fraction of sp³-hybridized carbons (Fsp3) is 0.226. The Kier molecular flexibility index (Phi) is 9.33. The van der Waals surface area contributed by atoms with Crippen LogP contribution in [0.3, 0.4) is 0 Å². The monoisotopic (exact) mass is 669 g/mol. The number of nitrogens with one attached hydrogen (secondary N) is 1. The number of carbonyl (C=O) groups excluding carboxylic acids is 3. The zero-order chi connectivity index (χ0) is 34.0. The number of ether oxygens (including phenoxy) is 1. The number of aliphatic imine (C=N–C) groups is 1. The lowest BCUT2D eigenvalue weighted by atomic mass is 9.99. The molecular formula is C31H27F4N7O4S. The maximum atomic E-state index is 15.1. The summed E-state index contributed by atoms with van der Waals surface area (Å²) in [4.78, 5) is 48.9. The molecule has 3 aromatic carbocycles. The standard InChI is InChI=1S/C31H27F4N7O4S/c1-17(2)23-11-8-21(40(4)18(3)43)14-26(23)42-27(44)15-47-30(42)38-29(45)37-25-12-5-19(13-24(25)32)28-36-16-41(39-28)20-6-9-22(10-7-20)46-31(33,34)35/h5-14,16-17H,15H2,1-4H3,(H,37,45). The number of thioether (sulfide) groups is 1. The van der Waals surface area contributed by atoms with E-state index in [2.05, 4.69) is 25.1 Å². The highest BCUT2D eigenvalue weighted by atomic mass is 32.2. The Morgan fingerprint density at radius 3 is 2.45 bits per heavy atom. The van der Waals surface area contributed by atoms with Gasteiger partial charge in [-0.2, -0.15) is 4.99 Å². The van der Waals surface area contributed by atoms with Gasteiger partial charge >= 0.3 is 12.4 Å². The number of amidine groups is 1. The van der Waals surface area contributed by atoms with E-state index in [-0.39, 0.29) is 45.7 Å². The molecule has 11 nitrogen and oxygen atoms in total. The highest BCUT2D eigenvalue weighted by Gasteiger charge is 2.33. The molecule has 1 aromatic heterocycles. The van der Waals surface area contributed by atoms with Crippen molar-refractivity contribution in [3.63, 3.8) is 0 Å². The highest BCUT2D eigenvalue weighted by molar-refractivity contribution is 8.15. The zero-order valence-electron chi connectivity index (χ0n) is 25.4. The van der Waals surface area contributed by atoms with E-state index in [1.54, 1.807) is 19.2 Å². The maximum Gasteiger partial charge on any atom is 0.573 e. The molecule has 4 amide bonds. The fourth-order valence-corrected chi connectivity index (χ4v) is 5.45. The van der Waals surface area contributed by atoms with Crippen molar-refractivity contribution in [1.29, 1.82) is 0 Å². The molecule has 0 bridgehead atoms. The van der Waals surface area contributed by atoms with Gasteiger partial charge in [-0.3, -0.25) is 14.5 Å². The molecule has 0 unspecified atom stereocenters. The largest absolute Gasteiger partial charge is 0.573 e. The van der Waals surface area contributed by atoms with Crippen LogP contribution in [-0.4, -0.2) is 56.9 Å². The molecule has 1 fully saturated rings. The number of anilines is 3. The van der Waals surface area contributed by atoms with Gasteiger partial charge in [-0.15, -0.1) is 18.3 Å². The first-order chi connectivity index (χ1) is 22.2. The zero-order valence-corrected chi connectivity index (χ0v) is 26.2. The molecule has 1 N–H and O–H groups in total. The first-order valence-electron chi connectivity index (χ1n) is 14.0. The average Bonchev–Trinajstić information content (AvgIpc) is 3.64. The number of hydrogen-bond donors (Lipinski definition) is 1. The van der Waals surface area contributed by atoms with Crippen LogP contribution in [0.2, 0.25) is 0 Å². The van der Waals surface area contributed by atoms with Gasteiger partial charge in [-0.1, -0.05) is 31.7 Å². The Morgan fingerprint density at radius 2 is 1.81 bits per heavy atom. The Morgan fingerprint density at radius 1 is 1.09 bits per heavy atom. The van der Waals surface area contributed by atoms with Gasteiger partial charge in [0.25, 0.3) is 0 Å². The number of hydrogen-bond acceptors (Lipinski definition) is 7. The Balaban J connectivity index is 1.33. The van der Waals surface area contributed by atoms with Gasteiger partial charge in [-0.25, -0.2) is 18.9 Å². The van der Waals surface area contributed by atoms with E-state index in [1.807, 2.05) is 19.9 Å². The molecule has 1 aliphatic heterocycles. The lowest BCUT2D eigenvalue weighted by Gasteiger charge is -2.24. The number of carbonyl (C=O) groups is 3. The molecule has 1 saturated heterocycles. The van der Waals surface area contributed by atoms with Crippen LogP contribution >= 0.6 is 11.8 Å². The minimum absolute atomic E-state index is 0.00192. The normalized spacial score (nSPS) is 14.2. The second kappa shape index (κ2) is 13.2. The van der Waals surface area contributed by atoms with E-state index in [0.29, 0.717) is 17.1 Å². The molecule has 0 saturated carbocycles. The van der Waals surface area contributed by atoms with E-state index in [0.717, 1.165) is 35.5 Å². The van der Waals surface area contributed by atoms with Gasteiger partial charge in [0.05, 0.1) is 22.8 Å². The molecule has 4 aromatic rings. The van der Waals surface area contributed by atoms with E-state index in [1.165, 1.54) is 52.0 Å². The molecule has 2 heterocycles. The second-order valence-corrected chi connectivity index (χ2v) is 11.5. The lowest BCUT2D eigenvalue weighted by Crippen LogP contribution is -2.32. The quantitative estimate of drug-likeness (QED) is 0.216. The smallest absolute Gasteiger partial charge is 0.406 e. The Hall–Kier alpha value is -5.25. The summed E-state index contributed by atoms with van der Waals surface area (Å²) in [5, 5.41) is 6.74. The van der Waals surface area contributed by atoms with Crippen LogP contribution in [0.4, 0.5) is 39.4 Å². The van der Waals surface area contributed by atoms with Crippen molar-refractivity contribution < 1.29 is 36.7 Å². The van der Waals surface area contributed by atoms with Crippen molar-refractivity contribution in [3.8, 4) is 22.8 Å². The van der Waals surface area contributed by atoms with Gasteiger partial charge < -0.3 is 15.0 Å². The van der Waals surface area contributed by atoms with Crippen molar-refractivity contribution in [1.82, 2.24) is 14.8 Å². The van der Waals surface area contributed by atoms with Crippen LogP contribution in [0.15, 0.2) is 72.0 Å². The number of benzene rings is 3. The molecule has 0 atom stereocenters. The molecule has 16 heteroatoms. The third-order valence-electron chi connectivity index (χ3n) is 6.99. The number of alkyl halides is 3. The molecule has 1 aliphatic rings. The second-order valence-electron chi connectivity index (χ2n) is 10.6. The fourth-order valence-electron chi connectivity index (χ4n) is 4.59. The summed E-state index contributed by atoms with van der Waals surface area (Å²) in [7, 11) is 1.61. The van der Waals surface area contributed by atoms with Gasteiger partial charge in [0.2, 0.25) is 11.8 Å². The average molecular weight is 670 g/mol. The molecular weight excluding hydrogens is 642 g/mol. The van der Waals surface area contributed by atoms with Gasteiger partial charge in [0.15, 0.2) is 11.0 Å². The van der Waals surface area contributed by atoms with Crippen LogP contribution in [0.5, 0.6) is 5.75 Å². The molecule has 47 heavy (non-hydrogen) atoms. The summed E-state index contributed by atoms with van der Waals surface area (Å²) < 4.78 is 57.6. The molecule has 5 rings (SSSR count). The number of nitrogens with zero attached hydrogens (tertiary/aromatic N) is 6. The van der Waals surface area contributed by atoms with Gasteiger partial charge in [0.1, 0.15) is 17.9 Å². The summed E-state index contributed by atoms with van der Waals surface area (Å²) in [5.74, 6) is -1.56. The van der Waals surface area contributed by atoms with Gasteiger partial charge in [0, 0.05) is 25.2 Å². The number of urea groups is 1. The minimum Gasteiger partial charge on any atom is -0.406 e. The predicted octanol–water partition coefficient (Wildman–Crippen LogP) is 6.75. The Bertz CT molecular complexity index is 1880. The number of aromatic nitrogens is 3. The van der Waals surface area contributed by atoms with Crippen LogP contribution < -0.4 is 19.9 Å². The summed E-state index contributed by atoms with van der Waals surface area (Å²) in [6.45, 7) is 5.32. The summed E-state index contributed by atoms with van der Waals surface area (Å²) >= 11 is 1.06. The van der Waals surface area contributed by atoms with E-state index in [4.69, 9.17) is 0 Å². The lowest BCUT2D eigenvalue weighted by molar-refractivity contribution is -0.274. The molecule has 0 radical (unpaired) electrons. The third kappa shape index (κ3) is 7.60. The van der Waals surface area contributed by atoms with Crippen LogP contribution in [-0.2, 0) is 9.59 Å². The highest BCUT2D eigenvalue weighted by Crippen LogP contribution is 2.36. The van der Waals surface area contributed by atoms with Crippen molar-refractivity contribution >= 4 is 51.8 Å². The number of halogens is 4. The van der Waals surface area contributed by atoms with E-state index in [9.17, 15) is 27.6 Å². The topological polar surface area (TPSA) is 122 Å². The molecule has 0 aliphatic carbocycles. The van der Waals surface area contributed by atoms with Crippen LogP contribution in [0, 0.1) is 5.82 Å². The van der Waals surface area contributed by atoms with E-state index >= 15 is 4.39 Å². The van der Waals surface area contributed by atoms with Crippen LogP contribution in [0.1, 0.15) is 32.3 Å². The predicted molar refractivity (Wildman–Crippen MR) is 169 cm³/mol.